The minimum Gasteiger partial charge on any atom is -0.468 e. The molecule has 0 aromatic carbocycles. The first-order chi connectivity index (χ1) is 7.74. The number of allylic oxidation sites excluding steroid dienone is 7. The summed E-state index contributed by atoms with van der Waals surface area (Å²) in [5.41, 5.74) is 1.19. The monoisotopic (exact) mass is 214 g/mol. The Labute approximate surface area is 93.9 Å². The van der Waals surface area contributed by atoms with Gasteiger partial charge in [0.05, 0.1) is 11.7 Å². The van der Waals surface area contributed by atoms with Crippen molar-refractivity contribution in [1.29, 1.82) is 0 Å². The van der Waals surface area contributed by atoms with Crippen LogP contribution in [0.15, 0.2) is 59.5 Å². The molecule has 1 atom stereocenters. The minimum atomic E-state index is -1.49. The van der Waals surface area contributed by atoms with Gasteiger partial charge in [-0.3, -0.25) is 0 Å². The van der Waals surface area contributed by atoms with E-state index in [1.54, 1.807) is 12.3 Å². The normalized spacial score (nSPS) is 29.8. The van der Waals surface area contributed by atoms with Gasteiger partial charge in [-0.1, -0.05) is 36.5 Å². The Balaban J connectivity index is 2.16. The van der Waals surface area contributed by atoms with Gasteiger partial charge in [0.2, 0.25) is 0 Å². The lowest BCUT2D eigenvalue weighted by molar-refractivity contribution is 0.303. The van der Waals surface area contributed by atoms with Gasteiger partial charge in [-0.15, -0.1) is 0 Å². The van der Waals surface area contributed by atoms with Gasteiger partial charge < -0.3 is 14.8 Å². The van der Waals surface area contributed by atoms with Crippen LogP contribution < -0.4 is 0 Å². The van der Waals surface area contributed by atoms with E-state index in [2.05, 4.69) is 0 Å². The molecular weight excluding hydrogens is 203 g/mol. The van der Waals surface area contributed by atoms with Crippen molar-refractivity contribution in [1.82, 2.24) is 0 Å². The Morgan fingerprint density at radius 2 is 2.12 bits per heavy atom. The Morgan fingerprint density at radius 3 is 2.94 bits per heavy atom. The van der Waals surface area contributed by atoms with Crippen molar-refractivity contribution < 1.29 is 14.8 Å². The van der Waals surface area contributed by atoms with Gasteiger partial charge in [-0.2, -0.15) is 0 Å². The van der Waals surface area contributed by atoms with Crippen LogP contribution in [-0.4, -0.2) is 17.2 Å². The maximum Gasteiger partial charge on any atom is 0.491 e. The molecule has 3 rings (SSSR count). The highest BCUT2D eigenvalue weighted by Crippen LogP contribution is 2.51. The molecule has 2 N–H and O–H groups in total. The van der Waals surface area contributed by atoms with Crippen LogP contribution in [0.3, 0.4) is 0 Å². The molecule has 3 aliphatic rings. The first-order valence-electron chi connectivity index (χ1n) is 5.24. The Morgan fingerprint density at radius 1 is 1.25 bits per heavy atom. The van der Waals surface area contributed by atoms with Gasteiger partial charge in [0.1, 0.15) is 5.76 Å². The molecule has 80 valence electrons. The SMILES string of the molecule is OB(O)C1=C2OC=C3C=CC=CC32CC=C1. The third-order valence-corrected chi connectivity index (χ3v) is 3.27. The van der Waals surface area contributed by atoms with E-state index >= 15 is 0 Å². The van der Waals surface area contributed by atoms with Crippen LogP contribution in [-0.2, 0) is 4.74 Å². The smallest absolute Gasteiger partial charge is 0.468 e. The summed E-state index contributed by atoms with van der Waals surface area (Å²) in [7, 11) is -1.49. The Hall–Kier alpha value is -1.52. The van der Waals surface area contributed by atoms with Gasteiger partial charge in [-0.25, -0.2) is 0 Å². The van der Waals surface area contributed by atoms with E-state index in [1.165, 1.54) is 0 Å². The van der Waals surface area contributed by atoms with E-state index in [1.807, 2.05) is 30.4 Å². The van der Waals surface area contributed by atoms with E-state index < -0.39 is 7.12 Å². The summed E-state index contributed by atoms with van der Waals surface area (Å²) in [6.07, 6.45) is 14.1. The molecule has 1 heterocycles. The third-order valence-electron chi connectivity index (χ3n) is 3.27. The molecule has 0 fully saturated rings. The van der Waals surface area contributed by atoms with E-state index in [-0.39, 0.29) is 5.41 Å². The van der Waals surface area contributed by atoms with Crippen molar-refractivity contribution in [3.05, 3.63) is 59.5 Å². The molecule has 0 saturated carbocycles. The Bertz CT molecular complexity index is 482. The lowest BCUT2D eigenvalue weighted by atomic mass is 9.65. The molecule has 0 amide bonds. The molecule has 0 bridgehead atoms. The second-order valence-corrected chi connectivity index (χ2v) is 4.15. The van der Waals surface area contributed by atoms with Crippen molar-refractivity contribution in [3.8, 4) is 0 Å². The molecule has 3 nitrogen and oxygen atoms in total. The lowest BCUT2D eigenvalue weighted by Crippen LogP contribution is -2.28. The summed E-state index contributed by atoms with van der Waals surface area (Å²) in [5, 5.41) is 18.6. The molecule has 0 saturated heterocycles. The van der Waals surface area contributed by atoms with Crippen LogP contribution in [0.2, 0.25) is 0 Å². The molecular formula is C12H11BO3. The number of ether oxygens (including phenoxy) is 1. The zero-order chi connectivity index (χ0) is 11.2. The quantitative estimate of drug-likeness (QED) is 0.645. The standard InChI is InChI=1S/C12H11BO3/c14-13(15)10-5-3-7-12-6-2-1-4-9(12)8-16-11(10)12/h1-6,8,14-15H,7H2. The van der Waals surface area contributed by atoms with Crippen LogP contribution in [0.5, 0.6) is 0 Å². The molecule has 2 aliphatic carbocycles. The summed E-state index contributed by atoms with van der Waals surface area (Å²) in [5.74, 6) is 0.639. The average Bonchev–Trinajstić information content (AvgIpc) is 2.67. The Kier molecular flexibility index (Phi) is 1.96. The van der Waals surface area contributed by atoms with Crippen molar-refractivity contribution in [2.45, 2.75) is 6.42 Å². The van der Waals surface area contributed by atoms with Gasteiger partial charge in [-0.05, 0) is 6.42 Å². The van der Waals surface area contributed by atoms with E-state index in [4.69, 9.17) is 4.74 Å². The van der Waals surface area contributed by atoms with Gasteiger partial charge in [0.15, 0.2) is 0 Å². The number of hydrogen-bond acceptors (Lipinski definition) is 3. The van der Waals surface area contributed by atoms with Crippen LogP contribution in [0, 0.1) is 5.41 Å². The largest absolute Gasteiger partial charge is 0.491 e. The summed E-state index contributed by atoms with van der Waals surface area (Å²) < 4.78 is 5.51. The molecule has 1 spiro atoms. The lowest BCUT2D eigenvalue weighted by Gasteiger charge is -2.31. The highest BCUT2D eigenvalue weighted by atomic mass is 16.5. The predicted octanol–water partition coefficient (Wildman–Crippen LogP) is 1.24. The second-order valence-electron chi connectivity index (χ2n) is 4.15. The maximum atomic E-state index is 9.31. The van der Waals surface area contributed by atoms with Crippen LogP contribution in [0.25, 0.3) is 0 Å². The molecule has 0 aromatic heterocycles. The molecule has 1 unspecified atom stereocenters. The molecule has 16 heavy (non-hydrogen) atoms. The summed E-state index contributed by atoms with van der Waals surface area (Å²) in [6.45, 7) is 0. The van der Waals surface area contributed by atoms with Gasteiger partial charge in [0, 0.05) is 11.0 Å². The fourth-order valence-electron chi connectivity index (χ4n) is 2.46. The maximum absolute atomic E-state index is 9.31. The van der Waals surface area contributed by atoms with Crippen molar-refractivity contribution >= 4 is 7.12 Å². The number of hydrogen-bond donors (Lipinski definition) is 2. The highest BCUT2D eigenvalue weighted by molar-refractivity contribution is 6.52. The molecule has 0 radical (unpaired) electrons. The van der Waals surface area contributed by atoms with Crippen LogP contribution in [0.4, 0.5) is 0 Å². The second kappa shape index (κ2) is 3.24. The van der Waals surface area contributed by atoms with Crippen molar-refractivity contribution in [2.24, 2.45) is 5.41 Å². The number of rotatable bonds is 1. The van der Waals surface area contributed by atoms with Crippen LogP contribution in [0.1, 0.15) is 6.42 Å². The topological polar surface area (TPSA) is 49.7 Å². The van der Waals surface area contributed by atoms with Gasteiger partial charge >= 0.3 is 7.12 Å². The molecule has 1 aliphatic heterocycles. The van der Waals surface area contributed by atoms with E-state index in [0.29, 0.717) is 11.2 Å². The third kappa shape index (κ3) is 1.11. The minimum absolute atomic E-state index is 0.317. The fourth-order valence-corrected chi connectivity index (χ4v) is 2.46. The van der Waals surface area contributed by atoms with E-state index in [9.17, 15) is 10.0 Å². The van der Waals surface area contributed by atoms with Crippen molar-refractivity contribution in [3.63, 3.8) is 0 Å². The molecule has 0 aromatic rings. The van der Waals surface area contributed by atoms with Crippen LogP contribution >= 0.6 is 0 Å². The molecule has 4 heteroatoms. The average molecular weight is 214 g/mol. The predicted molar refractivity (Wildman–Crippen MR) is 60.9 cm³/mol. The summed E-state index contributed by atoms with van der Waals surface area (Å²) in [6, 6.07) is 0. The summed E-state index contributed by atoms with van der Waals surface area (Å²) in [4.78, 5) is 0. The van der Waals surface area contributed by atoms with E-state index in [0.717, 1.165) is 12.0 Å². The zero-order valence-corrected chi connectivity index (χ0v) is 8.63. The van der Waals surface area contributed by atoms with Gasteiger partial charge in [0.25, 0.3) is 0 Å². The first kappa shape index (κ1) is 9.69. The summed E-state index contributed by atoms with van der Waals surface area (Å²) >= 11 is 0. The van der Waals surface area contributed by atoms with Crippen molar-refractivity contribution in [2.75, 3.05) is 0 Å². The first-order valence-corrected chi connectivity index (χ1v) is 5.24. The zero-order valence-electron chi connectivity index (χ0n) is 8.63. The fraction of sp³-hybridized carbons (Fsp3) is 0.167. The highest BCUT2D eigenvalue weighted by Gasteiger charge is 2.45.